The van der Waals surface area contributed by atoms with Crippen LogP contribution >= 0.6 is 15.9 Å². The highest BCUT2D eigenvalue weighted by atomic mass is 79.9. The summed E-state index contributed by atoms with van der Waals surface area (Å²) in [6, 6.07) is 17.8. The molecule has 0 radical (unpaired) electrons. The van der Waals surface area contributed by atoms with Gasteiger partial charge in [-0.15, -0.1) is 0 Å². The van der Waals surface area contributed by atoms with Crippen molar-refractivity contribution in [1.82, 2.24) is 9.97 Å². The van der Waals surface area contributed by atoms with Gasteiger partial charge in [0.1, 0.15) is 0 Å². The predicted molar refractivity (Wildman–Crippen MR) is 91.5 cm³/mol. The molecule has 104 valence electrons. The van der Waals surface area contributed by atoms with Crippen LogP contribution in [0.4, 0.5) is 0 Å². The minimum atomic E-state index is 0.650. The van der Waals surface area contributed by atoms with Gasteiger partial charge >= 0.3 is 0 Å². The second kappa shape index (κ2) is 4.97. The molecule has 0 aliphatic heterocycles. The lowest BCUT2D eigenvalue weighted by Gasteiger charge is -2.02. The van der Waals surface area contributed by atoms with Crippen LogP contribution < -0.4 is 0 Å². The van der Waals surface area contributed by atoms with Crippen molar-refractivity contribution in [3.8, 4) is 17.3 Å². The maximum absolute atomic E-state index is 8.92. The highest BCUT2D eigenvalue weighted by Crippen LogP contribution is 2.32. The number of nitriles is 1. The molecule has 3 nitrogen and oxygen atoms in total. The fraction of sp³-hybridized carbons (Fsp3) is 0. The normalized spacial score (nSPS) is 10.9. The molecule has 2 heterocycles. The van der Waals surface area contributed by atoms with Gasteiger partial charge in [0.15, 0.2) is 0 Å². The summed E-state index contributed by atoms with van der Waals surface area (Å²) in [6.45, 7) is 0. The van der Waals surface area contributed by atoms with Crippen LogP contribution in [0, 0.1) is 11.3 Å². The number of fused-ring (bicyclic) bond motifs is 3. The first-order chi connectivity index (χ1) is 10.8. The predicted octanol–water partition coefficient (Wildman–Crippen LogP) is 5.02. The first-order valence-electron chi connectivity index (χ1n) is 6.83. The highest BCUT2D eigenvalue weighted by Gasteiger charge is 2.11. The minimum absolute atomic E-state index is 0.650. The minimum Gasteiger partial charge on any atom is -0.353 e. The summed E-state index contributed by atoms with van der Waals surface area (Å²) in [5, 5.41) is 11.2. The molecule has 4 aromatic rings. The third-order valence-electron chi connectivity index (χ3n) is 3.77. The van der Waals surface area contributed by atoms with E-state index in [1.54, 1.807) is 0 Å². The van der Waals surface area contributed by atoms with E-state index in [-0.39, 0.29) is 0 Å². The smallest absolute Gasteiger partial charge is 0.0991 e. The van der Waals surface area contributed by atoms with E-state index in [4.69, 9.17) is 5.26 Å². The Morgan fingerprint density at radius 3 is 2.59 bits per heavy atom. The Labute approximate surface area is 135 Å². The van der Waals surface area contributed by atoms with Crippen molar-refractivity contribution in [3.05, 3.63) is 64.8 Å². The van der Waals surface area contributed by atoms with Crippen molar-refractivity contribution in [2.24, 2.45) is 0 Å². The van der Waals surface area contributed by atoms with Crippen LogP contribution in [0.3, 0.4) is 0 Å². The van der Waals surface area contributed by atoms with Gasteiger partial charge in [-0.25, -0.2) is 0 Å². The number of aromatic amines is 1. The average Bonchev–Trinajstić information content (AvgIpc) is 2.93. The Balaban J connectivity index is 2.01. The number of nitrogens with zero attached hydrogens (tertiary/aromatic N) is 2. The van der Waals surface area contributed by atoms with Gasteiger partial charge in [-0.1, -0.05) is 28.1 Å². The van der Waals surface area contributed by atoms with Crippen LogP contribution in [-0.4, -0.2) is 9.97 Å². The molecule has 2 aromatic carbocycles. The maximum Gasteiger partial charge on any atom is 0.0991 e. The number of aromatic nitrogens is 2. The van der Waals surface area contributed by atoms with Gasteiger partial charge in [0.25, 0.3) is 0 Å². The van der Waals surface area contributed by atoms with Crippen LogP contribution in [0.25, 0.3) is 33.1 Å². The molecule has 0 aliphatic carbocycles. The van der Waals surface area contributed by atoms with Crippen molar-refractivity contribution in [2.75, 3.05) is 0 Å². The Bertz CT molecular complexity index is 1040. The second-order valence-electron chi connectivity index (χ2n) is 5.09. The number of hydrogen-bond donors (Lipinski definition) is 1. The zero-order valence-corrected chi connectivity index (χ0v) is 13.1. The van der Waals surface area contributed by atoms with E-state index >= 15 is 0 Å². The zero-order chi connectivity index (χ0) is 15.1. The fourth-order valence-corrected chi connectivity index (χ4v) is 3.08. The summed E-state index contributed by atoms with van der Waals surface area (Å²) in [4.78, 5) is 7.98. The monoisotopic (exact) mass is 347 g/mol. The lowest BCUT2D eigenvalue weighted by molar-refractivity contribution is 1.34. The summed E-state index contributed by atoms with van der Waals surface area (Å²) in [5.74, 6) is 0. The molecule has 1 N–H and O–H groups in total. The second-order valence-corrected chi connectivity index (χ2v) is 6.00. The van der Waals surface area contributed by atoms with E-state index in [1.165, 1.54) is 5.39 Å². The van der Waals surface area contributed by atoms with Crippen LogP contribution in [0.2, 0.25) is 0 Å². The number of H-pyrrole nitrogens is 1. The molecule has 0 fully saturated rings. The molecular weight excluding hydrogens is 338 g/mol. The number of halogens is 1. The molecule has 0 atom stereocenters. The van der Waals surface area contributed by atoms with Gasteiger partial charge in [-0.3, -0.25) is 4.98 Å². The molecule has 0 unspecified atom stereocenters. The van der Waals surface area contributed by atoms with Crippen molar-refractivity contribution in [1.29, 1.82) is 5.26 Å². The Kier molecular flexibility index (Phi) is 2.95. The summed E-state index contributed by atoms with van der Waals surface area (Å²) in [6.07, 6.45) is 1.82. The topological polar surface area (TPSA) is 52.5 Å². The SMILES string of the molecule is N#Cc1ccc(-c2nccc3c2[nH]c2ccc(Br)cc23)cc1. The Morgan fingerprint density at radius 1 is 1.00 bits per heavy atom. The molecular formula is C18H10BrN3. The van der Waals surface area contributed by atoms with Crippen LogP contribution in [0.1, 0.15) is 5.56 Å². The molecule has 0 amide bonds. The number of hydrogen-bond acceptors (Lipinski definition) is 2. The van der Waals surface area contributed by atoms with Crippen molar-refractivity contribution < 1.29 is 0 Å². The lowest BCUT2D eigenvalue weighted by atomic mass is 10.1. The van der Waals surface area contributed by atoms with Gasteiger partial charge in [0.05, 0.1) is 22.8 Å². The quantitative estimate of drug-likeness (QED) is 0.525. The van der Waals surface area contributed by atoms with E-state index in [2.05, 4.69) is 44.1 Å². The van der Waals surface area contributed by atoms with Crippen molar-refractivity contribution in [2.45, 2.75) is 0 Å². The lowest BCUT2D eigenvalue weighted by Crippen LogP contribution is -1.85. The summed E-state index contributed by atoms with van der Waals surface area (Å²) >= 11 is 3.52. The molecule has 0 aliphatic rings. The van der Waals surface area contributed by atoms with E-state index in [0.29, 0.717) is 5.56 Å². The van der Waals surface area contributed by atoms with Crippen LogP contribution in [0.5, 0.6) is 0 Å². The van der Waals surface area contributed by atoms with Gasteiger partial charge in [-0.2, -0.15) is 5.26 Å². The summed E-state index contributed by atoms with van der Waals surface area (Å²) in [7, 11) is 0. The first kappa shape index (κ1) is 13.1. The number of pyridine rings is 1. The molecule has 2 aromatic heterocycles. The molecule has 4 rings (SSSR count). The summed E-state index contributed by atoms with van der Waals surface area (Å²) in [5.41, 5.74) is 4.64. The van der Waals surface area contributed by atoms with Crippen LogP contribution in [-0.2, 0) is 0 Å². The maximum atomic E-state index is 8.92. The number of benzene rings is 2. The molecule has 22 heavy (non-hydrogen) atoms. The van der Waals surface area contributed by atoms with E-state index < -0.39 is 0 Å². The molecule has 0 saturated heterocycles. The highest BCUT2D eigenvalue weighted by molar-refractivity contribution is 9.10. The van der Waals surface area contributed by atoms with Gasteiger partial charge < -0.3 is 4.98 Å². The third-order valence-corrected chi connectivity index (χ3v) is 4.26. The van der Waals surface area contributed by atoms with E-state index in [1.807, 2.05) is 42.6 Å². The fourth-order valence-electron chi connectivity index (χ4n) is 2.72. The third kappa shape index (κ3) is 1.99. The Hall–Kier alpha value is -2.64. The van der Waals surface area contributed by atoms with Crippen molar-refractivity contribution >= 4 is 37.7 Å². The van der Waals surface area contributed by atoms with E-state index in [9.17, 15) is 0 Å². The molecule has 0 spiro atoms. The molecule has 4 heteroatoms. The largest absolute Gasteiger partial charge is 0.353 e. The van der Waals surface area contributed by atoms with Crippen LogP contribution in [0.15, 0.2) is 59.2 Å². The molecule has 0 saturated carbocycles. The number of nitrogens with one attached hydrogen (secondary N) is 1. The number of rotatable bonds is 1. The molecule has 0 bridgehead atoms. The first-order valence-corrected chi connectivity index (χ1v) is 7.62. The van der Waals surface area contributed by atoms with Gasteiger partial charge in [0.2, 0.25) is 0 Å². The Morgan fingerprint density at radius 2 is 1.82 bits per heavy atom. The standard InChI is InChI=1S/C18H10BrN3/c19-13-5-6-16-15(9-13)14-7-8-21-17(18(14)22-16)12-3-1-11(10-20)2-4-12/h1-9,22H. The van der Waals surface area contributed by atoms with E-state index in [0.717, 1.165) is 32.1 Å². The zero-order valence-electron chi connectivity index (χ0n) is 11.5. The average molecular weight is 348 g/mol. The van der Waals surface area contributed by atoms with Gasteiger partial charge in [-0.05, 0) is 36.4 Å². The van der Waals surface area contributed by atoms with Gasteiger partial charge in [0, 0.05) is 32.5 Å². The van der Waals surface area contributed by atoms with Crippen molar-refractivity contribution in [3.63, 3.8) is 0 Å². The summed E-state index contributed by atoms with van der Waals surface area (Å²) < 4.78 is 1.05.